The van der Waals surface area contributed by atoms with E-state index >= 15 is 0 Å². The monoisotopic (exact) mass is 363 g/mol. The molecule has 1 aromatic rings. The minimum absolute atomic E-state index is 0.0157. The summed E-state index contributed by atoms with van der Waals surface area (Å²) in [6.07, 6.45) is 2.09. The molecule has 3 rings (SSSR count). The van der Waals surface area contributed by atoms with E-state index < -0.39 is 0 Å². The summed E-state index contributed by atoms with van der Waals surface area (Å²) in [4.78, 5) is 24.8. The van der Waals surface area contributed by atoms with Gasteiger partial charge in [0.05, 0.1) is 18.4 Å². The Bertz CT molecular complexity index is 655. The molecule has 1 N–H and O–H groups in total. The zero-order valence-corrected chi connectivity index (χ0v) is 14.1. The van der Waals surface area contributed by atoms with Crippen LogP contribution in [-0.2, 0) is 14.3 Å². The number of halogens is 1. The highest BCUT2D eigenvalue weighted by atomic mass is 79.9. The number of amides is 1. The number of benzene rings is 1. The third-order valence-electron chi connectivity index (χ3n) is 4.67. The normalized spacial score (nSPS) is 30.3. The van der Waals surface area contributed by atoms with E-state index in [0.717, 1.165) is 15.7 Å². The average Bonchev–Trinajstić information content (AvgIpc) is 2.81. The van der Waals surface area contributed by atoms with Gasteiger partial charge < -0.3 is 10.1 Å². The molecule has 22 heavy (non-hydrogen) atoms. The summed E-state index contributed by atoms with van der Waals surface area (Å²) in [6, 6.07) is 7.44. The summed E-state index contributed by atoms with van der Waals surface area (Å²) in [6.45, 7) is 4.40. The van der Waals surface area contributed by atoms with Gasteiger partial charge in [-0.25, -0.2) is 0 Å². The van der Waals surface area contributed by atoms with Gasteiger partial charge in [-0.3, -0.25) is 9.59 Å². The van der Waals surface area contributed by atoms with E-state index in [1.54, 1.807) is 0 Å². The number of fused-ring (bicyclic) bond motifs is 1. The number of hydrogen-bond donors (Lipinski definition) is 1. The molecule has 1 heterocycles. The molecule has 0 radical (unpaired) electrons. The lowest BCUT2D eigenvalue weighted by atomic mass is 9.68. The summed E-state index contributed by atoms with van der Waals surface area (Å²) in [7, 11) is 0. The molecule has 1 amide bonds. The molecule has 4 nitrogen and oxygen atoms in total. The third-order valence-corrected chi connectivity index (χ3v) is 5.16. The maximum absolute atomic E-state index is 12.8. The number of carbonyl (C=O) groups is 2. The number of ether oxygens (including phenoxy) is 1. The van der Waals surface area contributed by atoms with Crippen molar-refractivity contribution >= 4 is 33.5 Å². The van der Waals surface area contributed by atoms with E-state index in [1.165, 1.54) is 0 Å². The largest absolute Gasteiger partial charge is 0.465 e. The summed E-state index contributed by atoms with van der Waals surface area (Å²) in [5, 5.41) is 2.93. The fraction of sp³-hybridized carbons (Fsp3) is 0.412. The van der Waals surface area contributed by atoms with Crippen LogP contribution < -0.4 is 5.32 Å². The lowest BCUT2D eigenvalue weighted by Gasteiger charge is -2.33. The topological polar surface area (TPSA) is 55.4 Å². The number of carbonyl (C=O) groups excluding carboxylic acids is 2. The van der Waals surface area contributed by atoms with Gasteiger partial charge in [-0.1, -0.05) is 40.6 Å². The van der Waals surface area contributed by atoms with Gasteiger partial charge in [0.2, 0.25) is 5.91 Å². The molecule has 2 aliphatic rings. The van der Waals surface area contributed by atoms with Gasteiger partial charge >= 0.3 is 5.97 Å². The quantitative estimate of drug-likeness (QED) is 0.647. The summed E-state index contributed by atoms with van der Waals surface area (Å²) < 4.78 is 6.07. The Labute approximate surface area is 138 Å². The molecule has 5 heteroatoms. The van der Waals surface area contributed by atoms with E-state index in [9.17, 15) is 9.59 Å². The molecule has 116 valence electrons. The molecule has 1 aliphatic carbocycles. The standard InChI is InChI=1S/C17H18BrNO3/c1-9-6-11-8-22-17(21)15(11)14(10(9)2)16(20)19-13-5-3-4-12(18)7-13/h3-7,10-11,14-15H,8H2,1-2H3,(H,19,20)/t10-,11-,14-,15+/m1/s1. The van der Waals surface area contributed by atoms with Crippen molar-refractivity contribution in [3.05, 3.63) is 40.4 Å². The smallest absolute Gasteiger partial charge is 0.310 e. The Morgan fingerprint density at radius 1 is 1.41 bits per heavy atom. The van der Waals surface area contributed by atoms with Crippen LogP contribution in [0, 0.1) is 23.7 Å². The molecule has 0 spiro atoms. The molecule has 0 unspecified atom stereocenters. The summed E-state index contributed by atoms with van der Waals surface area (Å²) in [5.41, 5.74) is 1.87. The Balaban J connectivity index is 1.86. The average molecular weight is 364 g/mol. The first-order valence-corrected chi connectivity index (χ1v) is 8.18. The van der Waals surface area contributed by atoms with Gasteiger partial charge in [-0.05, 0) is 31.0 Å². The van der Waals surface area contributed by atoms with Crippen LogP contribution >= 0.6 is 15.9 Å². The highest BCUT2D eigenvalue weighted by molar-refractivity contribution is 9.10. The Morgan fingerprint density at radius 3 is 2.91 bits per heavy atom. The first-order valence-electron chi connectivity index (χ1n) is 7.39. The van der Waals surface area contributed by atoms with Crippen LogP contribution in [0.3, 0.4) is 0 Å². The maximum atomic E-state index is 12.8. The number of nitrogens with one attached hydrogen (secondary N) is 1. The van der Waals surface area contributed by atoms with Gasteiger partial charge in [0.1, 0.15) is 0 Å². The van der Waals surface area contributed by atoms with Crippen molar-refractivity contribution in [1.82, 2.24) is 0 Å². The van der Waals surface area contributed by atoms with Crippen molar-refractivity contribution in [3.8, 4) is 0 Å². The SMILES string of the molecule is CC1=C[C@@H]2COC(=O)[C@@H]2[C@H](C(=O)Nc2cccc(Br)c2)[C@@H]1C. The van der Waals surface area contributed by atoms with Crippen LogP contribution in [0.5, 0.6) is 0 Å². The minimum atomic E-state index is -0.385. The third kappa shape index (κ3) is 2.70. The van der Waals surface area contributed by atoms with Gasteiger partial charge in [0.25, 0.3) is 0 Å². The Kier molecular flexibility index (Phi) is 4.08. The molecule has 4 atom stereocenters. The zero-order chi connectivity index (χ0) is 15.9. The van der Waals surface area contributed by atoms with Crippen LogP contribution in [0.15, 0.2) is 40.4 Å². The Hall–Kier alpha value is -1.62. The molecule has 0 bridgehead atoms. The van der Waals surface area contributed by atoms with Crippen molar-refractivity contribution < 1.29 is 14.3 Å². The number of allylic oxidation sites excluding steroid dienone is 1. The lowest BCUT2D eigenvalue weighted by molar-refractivity contribution is -0.145. The first-order chi connectivity index (χ1) is 10.5. The highest BCUT2D eigenvalue weighted by Gasteiger charge is 2.49. The second kappa shape index (κ2) is 5.88. The molecule has 1 aliphatic heterocycles. The van der Waals surface area contributed by atoms with E-state index in [1.807, 2.05) is 38.1 Å². The van der Waals surface area contributed by atoms with Gasteiger partial charge in [0, 0.05) is 16.1 Å². The minimum Gasteiger partial charge on any atom is -0.465 e. The fourth-order valence-electron chi connectivity index (χ4n) is 3.38. The first kappa shape index (κ1) is 15.3. The molecule has 0 saturated carbocycles. The van der Waals surface area contributed by atoms with Crippen LogP contribution in [0.2, 0.25) is 0 Å². The summed E-state index contributed by atoms with van der Waals surface area (Å²) in [5.74, 6) is -1.09. The van der Waals surface area contributed by atoms with Crippen molar-refractivity contribution in [2.45, 2.75) is 13.8 Å². The van der Waals surface area contributed by atoms with Gasteiger partial charge in [-0.15, -0.1) is 0 Å². The predicted octanol–water partition coefficient (Wildman–Crippen LogP) is 3.39. The van der Waals surface area contributed by atoms with Crippen molar-refractivity contribution in [2.75, 3.05) is 11.9 Å². The van der Waals surface area contributed by atoms with Crippen LogP contribution in [0.25, 0.3) is 0 Å². The van der Waals surface area contributed by atoms with E-state index in [0.29, 0.717) is 6.61 Å². The summed E-state index contributed by atoms with van der Waals surface area (Å²) >= 11 is 3.39. The lowest BCUT2D eigenvalue weighted by Crippen LogP contribution is -2.41. The Morgan fingerprint density at radius 2 is 2.18 bits per heavy atom. The van der Waals surface area contributed by atoms with Crippen molar-refractivity contribution in [2.24, 2.45) is 23.7 Å². The molecular weight excluding hydrogens is 346 g/mol. The molecule has 1 aromatic carbocycles. The van der Waals surface area contributed by atoms with Gasteiger partial charge in [-0.2, -0.15) is 0 Å². The second-order valence-electron chi connectivity index (χ2n) is 6.04. The molecule has 1 fully saturated rings. The van der Waals surface area contributed by atoms with Crippen LogP contribution in [0.1, 0.15) is 13.8 Å². The van der Waals surface area contributed by atoms with E-state index in [2.05, 4.69) is 27.3 Å². The maximum Gasteiger partial charge on any atom is 0.310 e. The number of anilines is 1. The predicted molar refractivity (Wildman–Crippen MR) is 87.1 cm³/mol. The van der Waals surface area contributed by atoms with Crippen LogP contribution in [-0.4, -0.2) is 18.5 Å². The molecular formula is C17H18BrNO3. The zero-order valence-electron chi connectivity index (χ0n) is 12.5. The number of esters is 1. The number of cyclic esters (lactones) is 1. The van der Waals surface area contributed by atoms with Gasteiger partial charge in [0.15, 0.2) is 0 Å². The van der Waals surface area contributed by atoms with E-state index in [4.69, 9.17) is 4.74 Å². The van der Waals surface area contributed by atoms with Crippen molar-refractivity contribution in [3.63, 3.8) is 0 Å². The van der Waals surface area contributed by atoms with Crippen molar-refractivity contribution in [1.29, 1.82) is 0 Å². The molecule has 0 aromatic heterocycles. The number of rotatable bonds is 2. The number of hydrogen-bond acceptors (Lipinski definition) is 3. The second-order valence-corrected chi connectivity index (χ2v) is 6.96. The highest BCUT2D eigenvalue weighted by Crippen LogP contribution is 2.42. The fourth-order valence-corrected chi connectivity index (χ4v) is 3.78. The van der Waals surface area contributed by atoms with Crippen LogP contribution in [0.4, 0.5) is 5.69 Å². The molecule has 1 saturated heterocycles. The van der Waals surface area contributed by atoms with E-state index in [-0.39, 0.29) is 35.5 Å².